The van der Waals surface area contributed by atoms with Gasteiger partial charge in [0.05, 0.1) is 20.3 Å². The maximum absolute atomic E-state index is 9.91. The molecule has 0 bridgehead atoms. The van der Waals surface area contributed by atoms with Crippen LogP contribution in [0.3, 0.4) is 0 Å². The number of aliphatic hydroxyl groups is 1. The molecule has 0 saturated heterocycles. The van der Waals surface area contributed by atoms with E-state index in [1.165, 1.54) is 7.11 Å². The molecule has 0 radical (unpaired) electrons. The SMILES string of the molecule is COc1c(O)cc(C=NCCO)c2ccccc12. The third kappa shape index (κ3) is 2.28. The van der Waals surface area contributed by atoms with Gasteiger partial charge in [-0.25, -0.2) is 0 Å². The van der Waals surface area contributed by atoms with E-state index in [9.17, 15) is 5.11 Å². The normalized spacial score (nSPS) is 11.2. The fraction of sp³-hybridized carbons (Fsp3) is 0.214. The van der Waals surface area contributed by atoms with E-state index in [2.05, 4.69) is 4.99 Å². The minimum atomic E-state index is 0.0105. The van der Waals surface area contributed by atoms with Gasteiger partial charge in [-0.3, -0.25) is 4.99 Å². The van der Waals surface area contributed by atoms with E-state index in [4.69, 9.17) is 9.84 Å². The summed E-state index contributed by atoms with van der Waals surface area (Å²) in [7, 11) is 1.53. The summed E-state index contributed by atoms with van der Waals surface area (Å²) in [6, 6.07) is 9.25. The molecule has 0 fully saturated rings. The Morgan fingerprint density at radius 1 is 1.28 bits per heavy atom. The van der Waals surface area contributed by atoms with Crippen molar-refractivity contribution in [3.63, 3.8) is 0 Å². The van der Waals surface area contributed by atoms with E-state index in [0.29, 0.717) is 12.3 Å². The molecule has 94 valence electrons. The van der Waals surface area contributed by atoms with Gasteiger partial charge in [-0.05, 0) is 11.5 Å². The fourth-order valence-electron chi connectivity index (χ4n) is 1.90. The second-order valence-corrected chi connectivity index (χ2v) is 3.82. The Morgan fingerprint density at radius 2 is 2.00 bits per heavy atom. The minimum Gasteiger partial charge on any atom is -0.504 e. The van der Waals surface area contributed by atoms with Gasteiger partial charge in [-0.2, -0.15) is 0 Å². The summed E-state index contributed by atoms with van der Waals surface area (Å²) in [6.45, 7) is 0.359. The maximum atomic E-state index is 9.91. The van der Waals surface area contributed by atoms with Gasteiger partial charge in [-0.15, -0.1) is 0 Å². The third-order valence-corrected chi connectivity index (χ3v) is 2.67. The Hall–Kier alpha value is -2.07. The van der Waals surface area contributed by atoms with Crippen molar-refractivity contribution in [3.05, 3.63) is 35.9 Å². The number of aliphatic hydroxyl groups excluding tert-OH is 1. The number of rotatable bonds is 4. The molecule has 0 aliphatic heterocycles. The predicted octanol–water partition coefficient (Wildman–Crippen LogP) is 1.97. The highest BCUT2D eigenvalue weighted by atomic mass is 16.5. The van der Waals surface area contributed by atoms with Crippen LogP contribution in [0.2, 0.25) is 0 Å². The molecular weight excluding hydrogens is 230 g/mol. The number of methoxy groups -OCH3 is 1. The van der Waals surface area contributed by atoms with Crippen LogP contribution >= 0.6 is 0 Å². The van der Waals surface area contributed by atoms with Gasteiger partial charge in [0.25, 0.3) is 0 Å². The first-order valence-electron chi connectivity index (χ1n) is 5.67. The van der Waals surface area contributed by atoms with E-state index >= 15 is 0 Å². The summed E-state index contributed by atoms with van der Waals surface area (Å²) in [5, 5.41) is 20.4. The Labute approximate surface area is 105 Å². The van der Waals surface area contributed by atoms with Crippen LogP contribution in [0.4, 0.5) is 0 Å². The molecule has 2 N–H and O–H groups in total. The second kappa shape index (κ2) is 5.51. The van der Waals surface area contributed by atoms with Gasteiger partial charge in [0.2, 0.25) is 0 Å². The molecule has 4 nitrogen and oxygen atoms in total. The molecule has 0 unspecified atom stereocenters. The largest absolute Gasteiger partial charge is 0.504 e. The molecule has 2 aromatic carbocycles. The average molecular weight is 245 g/mol. The van der Waals surface area contributed by atoms with E-state index < -0.39 is 0 Å². The number of ether oxygens (including phenoxy) is 1. The van der Waals surface area contributed by atoms with Gasteiger partial charge in [-0.1, -0.05) is 24.3 Å². The first kappa shape index (κ1) is 12.4. The number of aliphatic imine (C=N–C) groups is 1. The lowest BCUT2D eigenvalue weighted by Crippen LogP contribution is -1.93. The molecule has 0 spiro atoms. The molecule has 0 aliphatic rings. The summed E-state index contributed by atoms with van der Waals surface area (Å²) in [5.74, 6) is 0.548. The van der Waals surface area contributed by atoms with E-state index in [0.717, 1.165) is 16.3 Å². The molecule has 18 heavy (non-hydrogen) atoms. The van der Waals surface area contributed by atoms with E-state index in [1.54, 1.807) is 12.3 Å². The zero-order valence-electron chi connectivity index (χ0n) is 10.1. The van der Waals surface area contributed by atoms with Crippen molar-refractivity contribution < 1.29 is 14.9 Å². The number of nitrogens with zero attached hydrogens (tertiary/aromatic N) is 1. The lowest BCUT2D eigenvalue weighted by atomic mass is 10.0. The van der Waals surface area contributed by atoms with Crippen molar-refractivity contribution in [2.45, 2.75) is 0 Å². The van der Waals surface area contributed by atoms with Crippen molar-refractivity contribution in [2.75, 3.05) is 20.3 Å². The van der Waals surface area contributed by atoms with Gasteiger partial charge in [0.15, 0.2) is 11.5 Å². The molecular formula is C14H15NO3. The smallest absolute Gasteiger partial charge is 0.168 e. The quantitative estimate of drug-likeness (QED) is 0.809. The topological polar surface area (TPSA) is 62.0 Å². The standard InChI is InChI=1S/C14H15NO3/c1-18-14-12-5-3-2-4-11(12)10(8-13(14)17)9-15-6-7-16/h2-5,8-9,16-17H,6-7H2,1H3. The van der Waals surface area contributed by atoms with Crippen molar-refractivity contribution in [1.82, 2.24) is 0 Å². The summed E-state index contributed by atoms with van der Waals surface area (Å²) in [4.78, 5) is 4.08. The van der Waals surface area contributed by atoms with Crippen LogP contribution in [0.1, 0.15) is 5.56 Å². The van der Waals surface area contributed by atoms with Gasteiger partial charge < -0.3 is 14.9 Å². The first-order valence-corrected chi connectivity index (χ1v) is 5.67. The Balaban J connectivity index is 2.61. The summed E-state index contributed by atoms with van der Waals surface area (Å²) in [5.41, 5.74) is 0.803. The molecule has 0 aliphatic carbocycles. The summed E-state index contributed by atoms with van der Waals surface area (Å²) < 4.78 is 5.20. The van der Waals surface area contributed by atoms with Crippen LogP contribution < -0.4 is 4.74 Å². The first-order chi connectivity index (χ1) is 8.77. The number of hydrogen-bond acceptors (Lipinski definition) is 4. The molecule has 4 heteroatoms. The molecule has 0 saturated carbocycles. The monoisotopic (exact) mass is 245 g/mol. The third-order valence-electron chi connectivity index (χ3n) is 2.67. The van der Waals surface area contributed by atoms with Crippen molar-refractivity contribution in [3.8, 4) is 11.5 Å². The predicted molar refractivity (Wildman–Crippen MR) is 71.7 cm³/mol. The number of benzene rings is 2. The molecule has 0 aromatic heterocycles. The zero-order valence-corrected chi connectivity index (χ0v) is 10.1. The highest BCUT2D eigenvalue weighted by Gasteiger charge is 2.10. The summed E-state index contributed by atoms with van der Waals surface area (Å²) in [6.07, 6.45) is 1.65. The zero-order chi connectivity index (χ0) is 13.0. The van der Waals surface area contributed by atoms with Crippen LogP contribution in [0.5, 0.6) is 11.5 Å². The fourth-order valence-corrected chi connectivity index (χ4v) is 1.90. The van der Waals surface area contributed by atoms with E-state index in [1.807, 2.05) is 24.3 Å². The van der Waals surface area contributed by atoms with Crippen LogP contribution in [-0.4, -0.2) is 36.7 Å². The summed E-state index contributed by atoms with van der Waals surface area (Å²) >= 11 is 0. The van der Waals surface area contributed by atoms with Crippen molar-refractivity contribution >= 4 is 17.0 Å². The number of phenolic OH excluding ortho intramolecular Hbond substituents is 1. The van der Waals surface area contributed by atoms with Crippen LogP contribution in [0.15, 0.2) is 35.3 Å². The lowest BCUT2D eigenvalue weighted by molar-refractivity contribution is 0.307. The van der Waals surface area contributed by atoms with Crippen LogP contribution in [0, 0.1) is 0 Å². The lowest BCUT2D eigenvalue weighted by Gasteiger charge is -2.10. The Morgan fingerprint density at radius 3 is 2.67 bits per heavy atom. The highest BCUT2D eigenvalue weighted by Crippen LogP contribution is 2.36. The molecule has 0 heterocycles. The number of fused-ring (bicyclic) bond motifs is 1. The average Bonchev–Trinajstić information content (AvgIpc) is 2.39. The van der Waals surface area contributed by atoms with Gasteiger partial charge >= 0.3 is 0 Å². The maximum Gasteiger partial charge on any atom is 0.168 e. The van der Waals surface area contributed by atoms with Crippen LogP contribution in [0.25, 0.3) is 10.8 Å². The van der Waals surface area contributed by atoms with Gasteiger partial charge in [0, 0.05) is 17.2 Å². The minimum absolute atomic E-state index is 0.0105. The van der Waals surface area contributed by atoms with Crippen molar-refractivity contribution in [2.24, 2.45) is 4.99 Å². The molecule has 0 amide bonds. The Bertz CT molecular complexity index is 579. The number of aromatic hydroxyl groups is 1. The Kier molecular flexibility index (Phi) is 3.79. The number of phenols is 1. The highest BCUT2D eigenvalue weighted by molar-refractivity contribution is 6.03. The molecule has 0 atom stereocenters. The van der Waals surface area contributed by atoms with E-state index in [-0.39, 0.29) is 12.4 Å². The molecule has 2 aromatic rings. The van der Waals surface area contributed by atoms with Gasteiger partial charge in [0.1, 0.15) is 0 Å². The second-order valence-electron chi connectivity index (χ2n) is 3.82. The number of hydrogen-bond donors (Lipinski definition) is 2. The van der Waals surface area contributed by atoms with Crippen molar-refractivity contribution in [1.29, 1.82) is 0 Å². The molecule has 2 rings (SSSR count). The van der Waals surface area contributed by atoms with Crippen LogP contribution in [-0.2, 0) is 0 Å².